The summed E-state index contributed by atoms with van der Waals surface area (Å²) in [4.78, 5) is 27.1. The van der Waals surface area contributed by atoms with E-state index in [1.165, 1.54) is 6.21 Å². The fourth-order valence-electron chi connectivity index (χ4n) is 4.23. The molecule has 1 aromatic heterocycles. The van der Waals surface area contributed by atoms with Crippen LogP contribution in [0, 0.1) is 23.7 Å². The Labute approximate surface area is 140 Å². The van der Waals surface area contributed by atoms with Gasteiger partial charge in [0.2, 0.25) is 0 Å². The summed E-state index contributed by atoms with van der Waals surface area (Å²) in [5, 5.41) is 5.17. The summed E-state index contributed by atoms with van der Waals surface area (Å²) in [5.41, 5.74) is 0. The molecule has 1 saturated heterocycles. The molecule has 24 heavy (non-hydrogen) atoms. The smallest absolute Gasteiger partial charge is 0.254 e. The Kier molecular flexibility index (Phi) is 3.55. The Hall–Kier alpha value is -2.37. The van der Waals surface area contributed by atoms with E-state index < -0.39 is 0 Å². The van der Waals surface area contributed by atoms with Crippen molar-refractivity contribution in [3.8, 4) is 0 Å². The number of hydrazone groups is 1. The van der Waals surface area contributed by atoms with Gasteiger partial charge in [-0.15, -0.1) is 0 Å². The SMILES string of the molecule is CCN(CC)c1ccc(/C=N\N2C(=O)[C@@H]3[C@@H](C2=O)[C@H]2C=C[C@@H]3C2)o1. The molecule has 0 aromatic carbocycles. The highest BCUT2D eigenvalue weighted by Gasteiger charge is 2.59. The molecule has 3 aliphatic rings. The van der Waals surface area contributed by atoms with Crippen molar-refractivity contribution in [3.63, 3.8) is 0 Å². The zero-order chi connectivity index (χ0) is 16.8. The molecule has 4 rings (SSSR count). The van der Waals surface area contributed by atoms with E-state index in [-0.39, 0.29) is 35.5 Å². The summed E-state index contributed by atoms with van der Waals surface area (Å²) < 4.78 is 5.72. The van der Waals surface area contributed by atoms with E-state index in [9.17, 15) is 9.59 Å². The zero-order valence-corrected chi connectivity index (χ0v) is 13.9. The predicted octanol–water partition coefficient (Wildman–Crippen LogP) is 2.27. The third kappa shape index (κ3) is 2.12. The van der Waals surface area contributed by atoms with E-state index in [4.69, 9.17) is 4.42 Å². The number of allylic oxidation sites excluding steroid dienone is 2. The second kappa shape index (κ2) is 5.61. The molecule has 1 aromatic rings. The van der Waals surface area contributed by atoms with Crippen molar-refractivity contribution < 1.29 is 14.0 Å². The van der Waals surface area contributed by atoms with Crippen molar-refractivity contribution in [1.29, 1.82) is 0 Å². The van der Waals surface area contributed by atoms with Gasteiger partial charge < -0.3 is 9.32 Å². The first-order valence-electron chi connectivity index (χ1n) is 8.59. The molecule has 1 aliphatic heterocycles. The number of carbonyl (C=O) groups excluding carboxylic acids is 2. The highest BCUT2D eigenvalue weighted by molar-refractivity contribution is 6.06. The predicted molar refractivity (Wildman–Crippen MR) is 89.4 cm³/mol. The Balaban J connectivity index is 1.51. The van der Waals surface area contributed by atoms with Crippen LogP contribution in [0.3, 0.4) is 0 Å². The fourth-order valence-corrected chi connectivity index (χ4v) is 4.23. The highest BCUT2D eigenvalue weighted by Crippen LogP contribution is 2.52. The van der Waals surface area contributed by atoms with Crippen LogP contribution in [0.15, 0.2) is 33.8 Å². The van der Waals surface area contributed by atoms with Gasteiger partial charge in [0, 0.05) is 19.2 Å². The molecule has 2 heterocycles. The van der Waals surface area contributed by atoms with E-state index in [0.29, 0.717) is 5.76 Å². The number of imide groups is 1. The number of furan rings is 1. The van der Waals surface area contributed by atoms with E-state index in [1.54, 1.807) is 6.07 Å². The molecule has 2 fully saturated rings. The molecule has 0 radical (unpaired) electrons. The second-order valence-electron chi connectivity index (χ2n) is 6.58. The highest BCUT2D eigenvalue weighted by atomic mass is 16.4. The summed E-state index contributed by atoms with van der Waals surface area (Å²) in [7, 11) is 0. The van der Waals surface area contributed by atoms with Crippen molar-refractivity contribution >= 4 is 23.9 Å². The van der Waals surface area contributed by atoms with Crippen molar-refractivity contribution in [1.82, 2.24) is 5.01 Å². The normalized spacial score (nSPS) is 30.8. The average molecular weight is 327 g/mol. The Morgan fingerprint density at radius 3 is 2.38 bits per heavy atom. The molecule has 2 amide bonds. The summed E-state index contributed by atoms with van der Waals surface area (Å²) in [5.74, 6) is 0.932. The van der Waals surface area contributed by atoms with E-state index in [1.807, 2.05) is 6.07 Å². The van der Waals surface area contributed by atoms with Crippen molar-refractivity contribution in [3.05, 3.63) is 30.0 Å². The lowest BCUT2D eigenvalue weighted by Crippen LogP contribution is -2.28. The first-order chi connectivity index (χ1) is 11.6. The van der Waals surface area contributed by atoms with Crippen LogP contribution in [-0.4, -0.2) is 36.1 Å². The molecule has 1 saturated carbocycles. The number of rotatable bonds is 5. The Bertz CT molecular complexity index is 702. The Morgan fingerprint density at radius 1 is 1.17 bits per heavy atom. The van der Waals surface area contributed by atoms with Gasteiger partial charge >= 0.3 is 0 Å². The number of carbonyl (C=O) groups is 2. The van der Waals surface area contributed by atoms with Crippen molar-refractivity contribution in [2.45, 2.75) is 20.3 Å². The largest absolute Gasteiger partial charge is 0.440 e. The lowest BCUT2D eigenvalue weighted by atomic mass is 9.85. The molecular weight excluding hydrogens is 306 g/mol. The third-order valence-electron chi connectivity index (χ3n) is 5.44. The van der Waals surface area contributed by atoms with Crippen molar-refractivity contribution in [2.24, 2.45) is 28.8 Å². The summed E-state index contributed by atoms with van der Waals surface area (Å²) in [6.07, 6.45) is 6.54. The first kappa shape index (κ1) is 15.2. The van der Waals surface area contributed by atoms with E-state index >= 15 is 0 Å². The minimum atomic E-state index is -0.215. The molecule has 0 N–H and O–H groups in total. The number of anilines is 1. The average Bonchev–Trinajstić information content (AvgIpc) is 3.33. The molecule has 2 aliphatic carbocycles. The second-order valence-corrected chi connectivity index (χ2v) is 6.58. The number of nitrogens with zero attached hydrogens (tertiary/aromatic N) is 3. The summed E-state index contributed by atoms with van der Waals surface area (Å²) in [6.45, 7) is 5.82. The van der Waals surface area contributed by atoms with Gasteiger partial charge in [0.1, 0.15) is 5.76 Å². The quantitative estimate of drug-likeness (QED) is 0.473. The standard InChI is InChI=1S/C18H21N3O3/c1-3-20(4-2)14-8-7-13(24-14)10-19-21-17(22)15-11-5-6-12(9-11)16(15)18(21)23/h5-8,10-12,15-16H,3-4,9H2,1-2H3/b19-10-/t11-,12+,15-,16-/m0/s1. The minimum absolute atomic E-state index is 0.173. The number of hydrogen-bond donors (Lipinski definition) is 0. The maximum Gasteiger partial charge on any atom is 0.254 e. The van der Waals surface area contributed by atoms with E-state index in [0.717, 1.165) is 30.4 Å². The minimum Gasteiger partial charge on any atom is -0.440 e. The van der Waals surface area contributed by atoms with Crippen LogP contribution in [-0.2, 0) is 9.59 Å². The van der Waals surface area contributed by atoms with Crippen LogP contribution in [0.5, 0.6) is 0 Å². The van der Waals surface area contributed by atoms with Gasteiger partial charge in [-0.25, -0.2) is 0 Å². The molecule has 0 unspecified atom stereocenters. The van der Waals surface area contributed by atoms with Crippen LogP contribution < -0.4 is 4.90 Å². The van der Waals surface area contributed by atoms with Crippen LogP contribution >= 0.6 is 0 Å². The molecular formula is C18H21N3O3. The molecule has 2 bridgehead atoms. The van der Waals surface area contributed by atoms with Gasteiger partial charge in [0.15, 0.2) is 5.88 Å². The summed E-state index contributed by atoms with van der Waals surface area (Å²) >= 11 is 0. The molecule has 6 nitrogen and oxygen atoms in total. The van der Waals surface area contributed by atoms with Crippen LogP contribution in [0.1, 0.15) is 26.0 Å². The van der Waals surface area contributed by atoms with Gasteiger partial charge in [-0.1, -0.05) is 12.2 Å². The van der Waals surface area contributed by atoms with Crippen molar-refractivity contribution in [2.75, 3.05) is 18.0 Å². The zero-order valence-electron chi connectivity index (χ0n) is 13.9. The van der Waals surface area contributed by atoms with Gasteiger partial charge in [-0.2, -0.15) is 10.1 Å². The molecule has 126 valence electrons. The monoisotopic (exact) mass is 327 g/mol. The van der Waals surface area contributed by atoms with Gasteiger partial charge in [0.05, 0.1) is 18.1 Å². The van der Waals surface area contributed by atoms with Gasteiger partial charge in [-0.3, -0.25) is 9.59 Å². The number of hydrogen-bond acceptors (Lipinski definition) is 5. The molecule has 0 spiro atoms. The van der Waals surface area contributed by atoms with Crippen LogP contribution in [0.2, 0.25) is 0 Å². The van der Waals surface area contributed by atoms with Gasteiger partial charge in [-0.05, 0) is 38.2 Å². The molecule has 6 heteroatoms. The fraction of sp³-hybridized carbons (Fsp3) is 0.500. The number of amides is 2. The number of fused-ring (bicyclic) bond motifs is 5. The van der Waals surface area contributed by atoms with Gasteiger partial charge in [0.25, 0.3) is 11.8 Å². The lowest BCUT2D eigenvalue weighted by Gasteiger charge is -2.16. The summed E-state index contributed by atoms with van der Waals surface area (Å²) in [6, 6.07) is 3.68. The third-order valence-corrected chi connectivity index (χ3v) is 5.44. The lowest BCUT2D eigenvalue weighted by molar-refractivity contribution is -0.140. The van der Waals surface area contributed by atoms with Crippen LogP contribution in [0.4, 0.5) is 5.88 Å². The first-order valence-corrected chi connectivity index (χ1v) is 8.59. The maximum atomic E-state index is 12.5. The molecule has 4 atom stereocenters. The Morgan fingerprint density at radius 2 is 1.79 bits per heavy atom. The maximum absolute atomic E-state index is 12.5. The van der Waals surface area contributed by atoms with E-state index in [2.05, 4.69) is 36.0 Å². The topological polar surface area (TPSA) is 66.1 Å². The van der Waals surface area contributed by atoms with Crippen LogP contribution in [0.25, 0.3) is 0 Å².